The van der Waals surface area contributed by atoms with Crippen LogP contribution in [0.4, 0.5) is 22.0 Å². The lowest BCUT2D eigenvalue weighted by Gasteiger charge is -2.18. The molecule has 0 saturated carbocycles. The van der Waals surface area contributed by atoms with Crippen LogP contribution < -0.4 is 10.3 Å². The fraction of sp³-hybridized carbons (Fsp3) is 0.0870. The van der Waals surface area contributed by atoms with Crippen molar-refractivity contribution in [3.8, 4) is 28.3 Å². The van der Waals surface area contributed by atoms with Crippen LogP contribution in [-0.4, -0.2) is 24.5 Å². The first kappa shape index (κ1) is 22.3. The van der Waals surface area contributed by atoms with E-state index in [1.807, 2.05) is 0 Å². The number of aryl methyl sites for hydroxylation is 1. The van der Waals surface area contributed by atoms with E-state index < -0.39 is 34.8 Å². The molecule has 0 aliphatic rings. The van der Waals surface area contributed by atoms with Crippen molar-refractivity contribution in [2.24, 2.45) is 7.05 Å². The number of aromatic amines is 1. The van der Waals surface area contributed by atoms with Crippen LogP contribution in [0.3, 0.4) is 0 Å². The third kappa shape index (κ3) is 3.92. The lowest BCUT2D eigenvalue weighted by molar-refractivity contribution is -0.143. The first-order chi connectivity index (χ1) is 16.6. The molecule has 0 amide bonds. The third-order valence-electron chi connectivity index (χ3n) is 5.37. The third-order valence-corrected chi connectivity index (χ3v) is 5.37. The summed E-state index contributed by atoms with van der Waals surface area (Å²) in [5, 5.41) is 11.2. The van der Waals surface area contributed by atoms with Gasteiger partial charge < -0.3 is 4.74 Å². The molecule has 5 aromatic rings. The fourth-order valence-electron chi connectivity index (χ4n) is 3.70. The van der Waals surface area contributed by atoms with Crippen molar-refractivity contribution >= 4 is 10.9 Å². The summed E-state index contributed by atoms with van der Waals surface area (Å²) in [6.45, 7) is 0. The Morgan fingerprint density at radius 1 is 1.00 bits per heavy atom. The normalized spacial score (nSPS) is 11.8. The Bertz CT molecular complexity index is 1600. The van der Waals surface area contributed by atoms with Crippen molar-refractivity contribution in [2.75, 3.05) is 0 Å². The van der Waals surface area contributed by atoms with Gasteiger partial charge in [-0.05, 0) is 36.4 Å². The predicted octanol–water partition coefficient (Wildman–Crippen LogP) is 5.20. The largest absolute Gasteiger partial charge is 0.453 e. The summed E-state index contributed by atoms with van der Waals surface area (Å²) >= 11 is 0. The first-order valence-electron chi connectivity index (χ1n) is 10.0. The van der Waals surface area contributed by atoms with Crippen molar-refractivity contribution in [1.29, 1.82) is 0 Å². The van der Waals surface area contributed by atoms with Crippen molar-refractivity contribution in [1.82, 2.24) is 24.5 Å². The molecule has 7 nitrogen and oxygen atoms in total. The molecule has 3 aromatic heterocycles. The lowest BCUT2D eigenvalue weighted by atomic mass is 10.1. The van der Waals surface area contributed by atoms with Gasteiger partial charge in [0.15, 0.2) is 5.75 Å². The molecular weight excluding hydrogens is 473 g/mol. The topological polar surface area (TPSA) is 77.7 Å². The van der Waals surface area contributed by atoms with Crippen LogP contribution in [-0.2, 0) is 13.2 Å². The second-order valence-electron chi connectivity index (χ2n) is 7.59. The molecule has 0 unspecified atom stereocenters. The van der Waals surface area contributed by atoms with E-state index in [2.05, 4.69) is 15.3 Å². The molecule has 3 heterocycles. The molecule has 35 heavy (non-hydrogen) atoms. The zero-order valence-corrected chi connectivity index (χ0v) is 17.8. The van der Waals surface area contributed by atoms with Gasteiger partial charge in [-0.15, -0.1) is 0 Å². The van der Waals surface area contributed by atoms with Crippen LogP contribution in [0, 0.1) is 11.6 Å². The molecule has 1 N–H and O–H groups in total. The molecular formula is C23H14F5N5O2. The maximum atomic E-state index is 15.1. The summed E-state index contributed by atoms with van der Waals surface area (Å²) in [5.41, 5.74) is -1.88. The van der Waals surface area contributed by atoms with Crippen LogP contribution in [0.25, 0.3) is 27.7 Å². The Hall–Kier alpha value is -4.48. The molecule has 0 aliphatic heterocycles. The van der Waals surface area contributed by atoms with E-state index in [9.17, 15) is 22.4 Å². The number of hydrogen-bond donors (Lipinski definition) is 1. The maximum absolute atomic E-state index is 15.1. The van der Waals surface area contributed by atoms with Crippen molar-refractivity contribution in [2.45, 2.75) is 6.18 Å². The molecule has 12 heteroatoms. The highest BCUT2D eigenvalue weighted by molar-refractivity contribution is 5.88. The Morgan fingerprint density at radius 2 is 1.74 bits per heavy atom. The number of benzene rings is 2. The number of rotatable bonds is 4. The van der Waals surface area contributed by atoms with E-state index in [0.29, 0.717) is 28.1 Å². The van der Waals surface area contributed by atoms with Gasteiger partial charge in [-0.25, -0.2) is 4.39 Å². The second-order valence-corrected chi connectivity index (χ2v) is 7.59. The molecule has 0 radical (unpaired) electrons. The highest BCUT2D eigenvalue weighted by atomic mass is 19.4. The van der Waals surface area contributed by atoms with Crippen LogP contribution in [0.15, 0.2) is 65.8 Å². The summed E-state index contributed by atoms with van der Waals surface area (Å²) in [6.07, 6.45) is -0.575. The minimum absolute atomic E-state index is 0.0159. The quantitative estimate of drug-likeness (QED) is 0.354. The van der Waals surface area contributed by atoms with Gasteiger partial charge in [0, 0.05) is 41.5 Å². The number of ether oxygens (including phenoxy) is 1. The van der Waals surface area contributed by atoms with Crippen molar-refractivity contribution < 1.29 is 26.7 Å². The summed E-state index contributed by atoms with van der Waals surface area (Å²) in [7, 11) is 1.70. The molecule has 0 fully saturated rings. The molecule has 0 aliphatic carbocycles. The Balaban J connectivity index is 1.71. The van der Waals surface area contributed by atoms with Gasteiger partial charge >= 0.3 is 6.18 Å². The van der Waals surface area contributed by atoms with Gasteiger partial charge in [0.2, 0.25) is 5.82 Å². The van der Waals surface area contributed by atoms with Gasteiger partial charge in [-0.1, -0.05) is 0 Å². The molecule has 5 rings (SSSR count). The second kappa shape index (κ2) is 8.08. The first-order valence-corrected chi connectivity index (χ1v) is 10.0. The van der Waals surface area contributed by atoms with Crippen LogP contribution in [0.1, 0.15) is 5.69 Å². The number of hydrogen-bond acceptors (Lipinski definition) is 4. The Labute approximate surface area is 193 Å². The smallest absolute Gasteiger partial charge is 0.432 e. The average molecular weight is 487 g/mol. The van der Waals surface area contributed by atoms with Crippen LogP contribution in [0.5, 0.6) is 11.5 Å². The number of alkyl halides is 3. The summed E-state index contributed by atoms with van der Waals surface area (Å²) in [5.74, 6) is -3.22. The average Bonchev–Trinajstić information content (AvgIpc) is 3.47. The zero-order chi connectivity index (χ0) is 24.9. The van der Waals surface area contributed by atoms with E-state index in [1.165, 1.54) is 24.7 Å². The van der Waals surface area contributed by atoms with Gasteiger partial charge in [0.25, 0.3) is 5.56 Å². The Morgan fingerprint density at radius 3 is 2.40 bits per heavy atom. The highest BCUT2D eigenvalue weighted by Gasteiger charge is 2.37. The number of nitrogens with one attached hydrogen (secondary N) is 1. The molecule has 0 atom stereocenters. The van der Waals surface area contributed by atoms with Gasteiger partial charge in [0.05, 0.1) is 17.9 Å². The fourth-order valence-corrected chi connectivity index (χ4v) is 3.70. The predicted molar refractivity (Wildman–Crippen MR) is 115 cm³/mol. The molecule has 0 saturated heterocycles. The number of pyridine rings is 1. The summed E-state index contributed by atoms with van der Waals surface area (Å²) in [4.78, 5) is 12.7. The van der Waals surface area contributed by atoms with E-state index in [0.717, 1.165) is 24.3 Å². The Kier molecular flexibility index (Phi) is 5.15. The zero-order valence-electron chi connectivity index (χ0n) is 17.8. The van der Waals surface area contributed by atoms with Crippen LogP contribution in [0.2, 0.25) is 0 Å². The molecule has 0 spiro atoms. The molecule has 178 valence electrons. The van der Waals surface area contributed by atoms with E-state index in [-0.39, 0.29) is 16.0 Å². The van der Waals surface area contributed by atoms with Crippen molar-refractivity contribution in [3.05, 3.63) is 88.7 Å². The monoisotopic (exact) mass is 487 g/mol. The standard InChI is InChI=1S/C23H14F5N5O2/c1-32-17-7-16(13-9-29-30-10-13)18(6-12(17)11-31-32)35-19-8-20(23(26,27)28)33(22(34)21(19)25)15-4-2-14(24)3-5-15/h2-11H,1H3,(H,29,30). The number of fused-ring (bicyclic) bond motifs is 1. The van der Waals surface area contributed by atoms with Crippen LogP contribution >= 0.6 is 0 Å². The van der Waals surface area contributed by atoms with E-state index in [4.69, 9.17) is 4.74 Å². The number of nitrogens with zero attached hydrogens (tertiary/aromatic N) is 4. The molecule has 2 aromatic carbocycles. The minimum atomic E-state index is -5.06. The minimum Gasteiger partial charge on any atom is -0.453 e. The SMILES string of the molecule is Cn1ncc2cc(Oc3cc(C(F)(F)F)n(-c4ccc(F)cc4)c(=O)c3F)c(-c3cn[nH]c3)cc21. The molecule has 0 bridgehead atoms. The van der Waals surface area contributed by atoms with Gasteiger partial charge in [-0.3, -0.25) is 19.1 Å². The number of H-pyrrole nitrogens is 1. The van der Waals surface area contributed by atoms with Crippen molar-refractivity contribution in [3.63, 3.8) is 0 Å². The number of aromatic nitrogens is 5. The van der Waals surface area contributed by atoms with Gasteiger partial charge in [0.1, 0.15) is 17.3 Å². The van der Waals surface area contributed by atoms with E-state index >= 15 is 4.39 Å². The highest BCUT2D eigenvalue weighted by Crippen LogP contribution is 2.39. The van der Waals surface area contributed by atoms with E-state index in [1.54, 1.807) is 17.8 Å². The number of halogens is 5. The lowest BCUT2D eigenvalue weighted by Crippen LogP contribution is -2.29. The van der Waals surface area contributed by atoms with Gasteiger partial charge in [-0.2, -0.15) is 27.8 Å². The summed E-state index contributed by atoms with van der Waals surface area (Å²) < 4.78 is 77.5. The maximum Gasteiger partial charge on any atom is 0.432 e. The summed E-state index contributed by atoms with van der Waals surface area (Å²) in [6, 6.07) is 7.15.